The van der Waals surface area contributed by atoms with Crippen LogP contribution in [0.3, 0.4) is 0 Å². The maximum Gasteiger partial charge on any atom is 0.403 e. The molecule has 1 rings (SSSR count). The van der Waals surface area contributed by atoms with Gasteiger partial charge in [-0.2, -0.15) is 13.2 Å². The third-order valence-corrected chi connectivity index (χ3v) is 2.22. The highest BCUT2D eigenvalue weighted by atomic mass is 19.4. The van der Waals surface area contributed by atoms with Crippen LogP contribution in [0.15, 0.2) is 18.2 Å². The minimum Gasteiger partial charge on any atom is -0.505 e. The number of aromatic hydroxyl groups is 1. The molecule has 0 aliphatic carbocycles. The van der Waals surface area contributed by atoms with Gasteiger partial charge in [-0.3, -0.25) is 0 Å². The van der Waals surface area contributed by atoms with Crippen LogP contribution in [-0.4, -0.2) is 17.3 Å². The van der Waals surface area contributed by atoms with E-state index in [4.69, 9.17) is 5.73 Å². The lowest BCUT2D eigenvalue weighted by Crippen LogP contribution is -2.37. The SMILES string of the molecule is NC(CCc1cccc(F)c1O)C(F)(F)F. The second kappa shape index (κ2) is 4.69. The summed E-state index contributed by atoms with van der Waals surface area (Å²) in [5.41, 5.74) is 5.01. The van der Waals surface area contributed by atoms with Gasteiger partial charge < -0.3 is 10.8 Å². The summed E-state index contributed by atoms with van der Waals surface area (Å²) in [7, 11) is 0. The number of halogens is 4. The van der Waals surface area contributed by atoms with Gasteiger partial charge in [0.1, 0.15) is 6.04 Å². The van der Waals surface area contributed by atoms with Crippen molar-refractivity contribution in [1.29, 1.82) is 0 Å². The molecule has 0 fully saturated rings. The average Bonchev–Trinajstić information content (AvgIpc) is 2.18. The maximum absolute atomic E-state index is 12.8. The Hall–Kier alpha value is -1.30. The van der Waals surface area contributed by atoms with Crippen molar-refractivity contribution in [2.24, 2.45) is 5.73 Å². The smallest absolute Gasteiger partial charge is 0.403 e. The predicted octanol–water partition coefficient (Wildman–Crippen LogP) is 2.35. The molecule has 2 nitrogen and oxygen atoms in total. The Morgan fingerprint density at radius 1 is 1.31 bits per heavy atom. The number of nitrogens with two attached hydrogens (primary N) is 1. The summed E-state index contributed by atoms with van der Waals surface area (Å²) in [5.74, 6) is -1.46. The number of benzene rings is 1. The highest BCUT2D eigenvalue weighted by Crippen LogP contribution is 2.25. The van der Waals surface area contributed by atoms with Gasteiger partial charge in [-0.05, 0) is 24.5 Å². The van der Waals surface area contributed by atoms with Gasteiger partial charge >= 0.3 is 6.18 Å². The first-order valence-corrected chi connectivity index (χ1v) is 4.61. The van der Waals surface area contributed by atoms with Crippen molar-refractivity contribution >= 4 is 0 Å². The first kappa shape index (κ1) is 12.8. The molecular weight excluding hydrogens is 226 g/mol. The Kier molecular flexibility index (Phi) is 3.74. The summed E-state index contributed by atoms with van der Waals surface area (Å²) in [6.07, 6.45) is -4.98. The lowest BCUT2D eigenvalue weighted by molar-refractivity contribution is -0.148. The normalized spacial score (nSPS) is 13.8. The molecule has 0 saturated carbocycles. The monoisotopic (exact) mass is 237 g/mol. The molecule has 1 atom stereocenters. The molecule has 90 valence electrons. The standard InChI is InChI=1S/C10H11F4NO/c11-7-3-1-2-6(9(7)16)4-5-8(15)10(12,13)14/h1-3,8,16H,4-5,15H2. The quantitative estimate of drug-likeness (QED) is 0.793. The van der Waals surface area contributed by atoms with Crippen LogP contribution in [0.4, 0.5) is 17.6 Å². The summed E-state index contributed by atoms with van der Waals surface area (Å²) in [4.78, 5) is 0. The van der Waals surface area contributed by atoms with Crippen LogP contribution in [0.5, 0.6) is 5.75 Å². The number of hydrogen-bond donors (Lipinski definition) is 2. The lowest BCUT2D eigenvalue weighted by atomic mass is 10.0. The zero-order valence-electron chi connectivity index (χ0n) is 8.26. The molecule has 0 saturated heterocycles. The third-order valence-electron chi connectivity index (χ3n) is 2.22. The van der Waals surface area contributed by atoms with Gasteiger partial charge in [0.05, 0.1) is 0 Å². The minimum atomic E-state index is -4.47. The van der Waals surface area contributed by atoms with Crippen LogP contribution in [0.25, 0.3) is 0 Å². The molecule has 1 aromatic carbocycles. The molecule has 3 N–H and O–H groups in total. The van der Waals surface area contributed by atoms with E-state index < -0.39 is 23.8 Å². The van der Waals surface area contributed by atoms with Crippen molar-refractivity contribution in [3.8, 4) is 5.75 Å². The molecule has 0 aromatic heterocycles. The van der Waals surface area contributed by atoms with Crippen LogP contribution in [0.2, 0.25) is 0 Å². The first-order valence-electron chi connectivity index (χ1n) is 4.61. The maximum atomic E-state index is 12.8. The highest BCUT2D eigenvalue weighted by Gasteiger charge is 2.36. The Morgan fingerprint density at radius 3 is 2.50 bits per heavy atom. The lowest BCUT2D eigenvalue weighted by Gasteiger charge is -2.15. The number of aryl methyl sites for hydroxylation is 1. The van der Waals surface area contributed by atoms with Crippen molar-refractivity contribution < 1.29 is 22.7 Å². The van der Waals surface area contributed by atoms with E-state index in [0.717, 1.165) is 6.07 Å². The van der Waals surface area contributed by atoms with Gasteiger partial charge in [0.15, 0.2) is 11.6 Å². The molecule has 1 aromatic rings. The topological polar surface area (TPSA) is 46.2 Å². The number of phenols is 1. The van der Waals surface area contributed by atoms with Gasteiger partial charge in [0.25, 0.3) is 0 Å². The van der Waals surface area contributed by atoms with Crippen LogP contribution in [-0.2, 0) is 6.42 Å². The van der Waals surface area contributed by atoms with Gasteiger partial charge in [-0.1, -0.05) is 12.1 Å². The predicted molar refractivity (Wildman–Crippen MR) is 50.4 cm³/mol. The van der Waals surface area contributed by atoms with Gasteiger partial charge in [-0.25, -0.2) is 4.39 Å². The molecule has 6 heteroatoms. The second-order valence-corrected chi connectivity index (χ2v) is 3.43. The molecular formula is C10H11F4NO. The van der Waals surface area contributed by atoms with E-state index in [2.05, 4.69) is 0 Å². The molecule has 0 radical (unpaired) electrons. The molecule has 0 heterocycles. The minimum absolute atomic E-state index is 0.121. The van der Waals surface area contributed by atoms with Gasteiger partial charge in [0.2, 0.25) is 0 Å². The highest BCUT2D eigenvalue weighted by molar-refractivity contribution is 5.33. The Labute approximate surface area is 89.7 Å². The van der Waals surface area contributed by atoms with Crippen molar-refractivity contribution in [3.63, 3.8) is 0 Å². The van der Waals surface area contributed by atoms with Crippen LogP contribution < -0.4 is 5.73 Å². The molecule has 0 amide bonds. The van der Waals surface area contributed by atoms with E-state index in [9.17, 15) is 22.7 Å². The number of hydrogen-bond acceptors (Lipinski definition) is 2. The largest absolute Gasteiger partial charge is 0.505 e. The van der Waals surface area contributed by atoms with Crippen LogP contribution in [0.1, 0.15) is 12.0 Å². The van der Waals surface area contributed by atoms with Crippen LogP contribution in [0, 0.1) is 5.82 Å². The van der Waals surface area contributed by atoms with E-state index in [0.29, 0.717) is 0 Å². The second-order valence-electron chi connectivity index (χ2n) is 3.43. The Bertz CT molecular complexity index is 364. The van der Waals surface area contributed by atoms with E-state index in [1.54, 1.807) is 0 Å². The average molecular weight is 237 g/mol. The van der Waals surface area contributed by atoms with E-state index in [-0.39, 0.29) is 18.4 Å². The Morgan fingerprint density at radius 2 is 1.94 bits per heavy atom. The van der Waals surface area contributed by atoms with E-state index >= 15 is 0 Å². The molecule has 0 aliphatic rings. The van der Waals surface area contributed by atoms with Crippen molar-refractivity contribution in [2.45, 2.75) is 25.1 Å². The van der Waals surface area contributed by atoms with Crippen molar-refractivity contribution in [3.05, 3.63) is 29.6 Å². The zero-order chi connectivity index (χ0) is 12.3. The number of alkyl halides is 3. The van der Waals surface area contributed by atoms with Gasteiger partial charge in [0, 0.05) is 0 Å². The van der Waals surface area contributed by atoms with Gasteiger partial charge in [-0.15, -0.1) is 0 Å². The molecule has 1 unspecified atom stereocenters. The Balaban J connectivity index is 2.65. The van der Waals surface area contributed by atoms with Crippen LogP contribution >= 0.6 is 0 Å². The van der Waals surface area contributed by atoms with E-state index in [1.807, 2.05) is 0 Å². The molecule has 0 bridgehead atoms. The number of phenolic OH excluding ortho intramolecular Hbond substituents is 1. The molecule has 0 aliphatic heterocycles. The van der Waals surface area contributed by atoms with E-state index in [1.165, 1.54) is 12.1 Å². The first-order chi connectivity index (χ1) is 7.32. The number of rotatable bonds is 3. The summed E-state index contributed by atoms with van der Waals surface area (Å²) in [6, 6.07) is 1.75. The fourth-order valence-electron chi connectivity index (χ4n) is 1.24. The fourth-order valence-corrected chi connectivity index (χ4v) is 1.24. The number of para-hydroxylation sites is 1. The fraction of sp³-hybridized carbons (Fsp3) is 0.400. The summed E-state index contributed by atoms with van der Waals surface area (Å²) >= 11 is 0. The zero-order valence-corrected chi connectivity index (χ0v) is 8.26. The summed E-state index contributed by atoms with van der Waals surface area (Å²) in [5, 5.41) is 9.22. The van der Waals surface area contributed by atoms with Crippen molar-refractivity contribution in [1.82, 2.24) is 0 Å². The van der Waals surface area contributed by atoms with Crippen molar-refractivity contribution in [2.75, 3.05) is 0 Å². The molecule has 16 heavy (non-hydrogen) atoms. The summed E-state index contributed by atoms with van der Waals surface area (Å²) in [6.45, 7) is 0. The molecule has 0 spiro atoms. The third kappa shape index (κ3) is 3.10. The summed E-state index contributed by atoms with van der Waals surface area (Å²) < 4.78 is 49.0.